The van der Waals surface area contributed by atoms with Gasteiger partial charge in [-0.1, -0.05) is 42.5 Å². The number of aryl methyl sites for hydroxylation is 1. The summed E-state index contributed by atoms with van der Waals surface area (Å²) in [5.41, 5.74) is 5.25. The Hall–Kier alpha value is -3.34. The molecule has 1 fully saturated rings. The monoisotopic (exact) mass is 416 g/mol. The standard InChI is InChI=1S/C26H28N2O3/c1-19-7-12-24(26(27-19)31-18-21-5-3-2-4-6-21)22-8-10-23(11-9-22)28-15-13-20(14-16-28)17-25(29)30/h2-12,20H,13-18H2,1H3,(H,29,30). The average molecular weight is 417 g/mol. The first-order chi connectivity index (χ1) is 15.1. The van der Waals surface area contributed by atoms with Gasteiger partial charge in [-0.3, -0.25) is 4.79 Å². The molecule has 5 nitrogen and oxygen atoms in total. The highest BCUT2D eigenvalue weighted by atomic mass is 16.5. The molecule has 0 radical (unpaired) electrons. The Morgan fingerprint density at radius 1 is 1.03 bits per heavy atom. The minimum Gasteiger partial charge on any atom is -0.481 e. The SMILES string of the molecule is Cc1ccc(-c2ccc(N3CCC(CC(=O)O)CC3)cc2)c(OCc2ccccc2)n1. The van der Waals surface area contributed by atoms with Crippen molar-refractivity contribution in [1.29, 1.82) is 0 Å². The molecule has 31 heavy (non-hydrogen) atoms. The van der Waals surface area contributed by atoms with Crippen molar-refractivity contribution in [2.45, 2.75) is 32.8 Å². The van der Waals surface area contributed by atoms with Gasteiger partial charge >= 0.3 is 5.97 Å². The van der Waals surface area contributed by atoms with Crippen LogP contribution in [-0.2, 0) is 11.4 Å². The lowest BCUT2D eigenvalue weighted by atomic mass is 9.93. The quantitative estimate of drug-likeness (QED) is 0.564. The maximum Gasteiger partial charge on any atom is 0.303 e. The summed E-state index contributed by atoms with van der Waals surface area (Å²) in [7, 11) is 0. The highest BCUT2D eigenvalue weighted by molar-refractivity contribution is 5.71. The Bertz CT molecular complexity index is 1010. The lowest BCUT2D eigenvalue weighted by Crippen LogP contribution is -2.34. The molecule has 1 aliphatic rings. The van der Waals surface area contributed by atoms with E-state index in [1.807, 2.05) is 43.3 Å². The van der Waals surface area contributed by atoms with Gasteiger partial charge in [0, 0.05) is 36.5 Å². The summed E-state index contributed by atoms with van der Waals surface area (Å²) in [6, 6.07) is 22.7. The van der Waals surface area contributed by atoms with Gasteiger partial charge in [0.05, 0.1) is 0 Å². The van der Waals surface area contributed by atoms with Crippen LogP contribution in [0.15, 0.2) is 66.7 Å². The Morgan fingerprint density at radius 3 is 2.42 bits per heavy atom. The highest BCUT2D eigenvalue weighted by Gasteiger charge is 2.21. The first kappa shape index (κ1) is 20.9. The molecule has 0 unspecified atom stereocenters. The van der Waals surface area contributed by atoms with Crippen molar-refractivity contribution >= 4 is 11.7 Å². The first-order valence-corrected chi connectivity index (χ1v) is 10.8. The number of rotatable bonds is 7. The van der Waals surface area contributed by atoms with Gasteiger partial charge in [-0.05, 0) is 61.1 Å². The Kier molecular flexibility index (Phi) is 6.51. The molecule has 1 saturated heterocycles. The number of hydrogen-bond acceptors (Lipinski definition) is 4. The second-order valence-corrected chi connectivity index (χ2v) is 8.15. The predicted octanol–water partition coefficient (Wildman–Crippen LogP) is 5.33. The van der Waals surface area contributed by atoms with E-state index in [0.717, 1.165) is 48.3 Å². The van der Waals surface area contributed by atoms with Crippen LogP contribution in [0.5, 0.6) is 5.88 Å². The number of ether oxygens (including phenoxy) is 1. The number of carboxylic acid groups (broad SMARTS) is 1. The van der Waals surface area contributed by atoms with E-state index < -0.39 is 5.97 Å². The van der Waals surface area contributed by atoms with Gasteiger partial charge < -0.3 is 14.7 Å². The van der Waals surface area contributed by atoms with Crippen LogP contribution in [-0.4, -0.2) is 29.1 Å². The predicted molar refractivity (Wildman–Crippen MR) is 122 cm³/mol. The van der Waals surface area contributed by atoms with Crippen molar-refractivity contribution in [2.24, 2.45) is 5.92 Å². The maximum absolute atomic E-state index is 10.9. The third kappa shape index (κ3) is 5.43. The molecule has 0 spiro atoms. The van der Waals surface area contributed by atoms with Crippen LogP contribution in [0.2, 0.25) is 0 Å². The minimum atomic E-state index is -0.695. The van der Waals surface area contributed by atoms with Gasteiger partial charge in [0.15, 0.2) is 0 Å². The van der Waals surface area contributed by atoms with Crippen molar-refractivity contribution in [3.63, 3.8) is 0 Å². The van der Waals surface area contributed by atoms with Gasteiger partial charge in [0.25, 0.3) is 0 Å². The van der Waals surface area contributed by atoms with Crippen molar-refractivity contribution < 1.29 is 14.6 Å². The Morgan fingerprint density at radius 2 is 1.74 bits per heavy atom. The number of hydrogen-bond donors (Lipinski definition) is 1. The maximum atomic E-state index is 10.9. The van der Waals surface area contributed by atoms with Gasteiger partial charge in [-0.15, -0.1) is 0 Å². The van der Waals surface area contributed by atoms with Crippen molar-refractivity contribution in [1.82, 2.24) is 4.98 Å². The third-order valence-corrected chi connectivity index (χ3v) is 5.84. The molecule has 4 rings (SSSR count). The molecule has 160 valence electrons. The van der Waals surface area contributed by atoms with Crippen LogP contribution in [0.4, 0.5) is 5.69 Å². The average Bonchev–Trinajstić information content (AvgIpc) is 2.79. The van der Waals surface area contributed by atoms with Crippen LogP contribution in [0.25, 0.3) is 11.1 Å². The lowest BCUT2D eigenvalue weighted by Gasteiger charge is -2.33. The lowest BCUT2D eigenvalue weighted by molar-refractivity contribution is -0.138. The second kappa shape index (κ2) is 9.65. The number of pyridine rings is 1. The first-order valence-electron chi connectivity index (χ1n) is 10.8. The summed E-state index contributed by atoms with van der Waals surface area (Å²) < 4.78 is 6.08. The van der Waals surface area contributed by atoms with E-state index in [0.29, 0.717) is 12.5 Å². The number of aliphatic carboxylic acids is 1. The van der Waals surface area contributed by atoms with E-state index in [9.17, 15) is 4.79 Å². The fourth-order valence-corrected chi connectivity index (χ4v) is 4.08. The smallest absolute Gasteiger partial charge is 0.303 e. The van der Waals surface area contributed by atoms with Crippen LogP contribution in [0.1, 0.15) is 30.5 Å². The van der Waals surface area contributed by atoms with Gasteiger partial charge in [-0.2, -0.15) is 0 Å². The van der Waals surface area contributed by atoms with Crippen LogP contribution in [0.3, 0.4) is 0 Å². The molecule has 5 heteroatoms. The van der Waals surface area contributed by atoms with Gasteiger partial charge in [0.2, 0.25) is 5.88 Å². The fourth-order valence-electron chi connectivity index (χ4n) is 4.08. The van der Waals surface area contributed by atoms with E-state index in [1.54, 1.807) is 0 Å². The summed E-state index contributed by atoms with van der Waals surface area (Å²) in [6.45, 7) is 4.24. The molecule has 1 aromatic heterocycles. The zero-order valence-electron chi connectivity index (χ0n) is 17.8. The van der Waals surface area contributed by atoms with E-state index in [2.05, 4.69) is 40.2 Å². The second-order valence-electron chi connectivity index (χ2n) is 8.15. The van der Waals surface area contributed by atoms with Crippen LogP contribution in [0, 0.1) is 12.8 Å². The number of anilines is 1. The van der Waals surface area contributed by atoms with E-state index >= 15 is 0 Å². The molecule has 0 bridgehead atoms. The number of carboxylic acids is 1. The number of benzene rings is 2. The molecule has 0 atom stereocenters. The molecule has 1 aliphatic heterocycles. The van der Waals surface area contributed by atoms with Crippen molar-refractivity contribution in [3.05, 3.63) is 78.0 Å². The summed E-state index contributed by atoms with van der Waals surface area (Å²) >= 11 is 0. The molecule has 2 aromatic carbocycles. The van der Waals surface area contributed by atoms with Crippen LogP contribution >= 0.6 is 0 Å². The van der Waals surface area contributed by atoms with Crippen molar-refractivity contribution in [2.75, 3.05) is 18.0 Å². The van der Waals surface area contributed by atoms with E-state index in [-0.39, 0.29) is 12.3 Å². The molecular formula is C26H28N2O3. The number of nitrogens with zero attached hydrogens (tertiary/aromatic N) is 2. The molecule has 0 aliphatic carbocycles. The Labute approximate surface area is 183 Å². The topological polar surface area (TPSA) is 62.7 Å². The normalized spacial score (nSPS) is 14.4. The fraction of sp³-hybridized carbons (Fsp3) is 0.308. The molecular weight excluding hydrogens is 388 g/mol. The van der Waals surface area contributed by atoms with E-state index in [1.165, 1.54) is 5.69 Å². The number of aromatic nitrogens is 1. The number of piperidine rings is 1. The summed E-state index contributed by atoms with van der Waals surface area (Å²) in [4.78, 5) is 17.9. The summed E-state index contributed by atoms with van der Waals surface area (Å²) in [5.74, 6) is 0.238. The van der Waals surface area contributed by atoms with Crippen LogP contribution < -0.4 is 9.64 Å². The Balaban J connectivity index is 1.46. The molecule has 0 saturated carbocycles. The molecule has 2 heterocycles. The molecule has 1 N–H and O–H groups in total. The van der Waals surface area contributed by atoms with Crippen molar-refractivity contribution in [3.8, 4) is 17.0 Å². The highest BCUT2D eigenvalue weighted by Crippen LogP contribution is 2.32. The third-order valence-electron chi connectivity index (χ3n) is 5.84. The molecule has 3 aromatic rings. The summed E-state index contributed by atoms with van der Waals surface area (Å²) in [6.07, 6.45) is 2.12. The molecule has 0 amide bonds. The van der Waals surface area contributed by atoms with E-state index in [4.69, 9.17) is 9.84 Å². The zero-order chi connectivity index (χ0) is 21.6. The van der Waals surface area contributed by atoms with Gasteiger partial charge in [-0.25, -0.2) is 4.98 Å². The van der Waals surface area contributed by atoms with Gasteiger partial charge in [0.1, 0.15) is 6.61 Å². The largest absolute Gasteiger partial charge is 0.481 e. The summed E-state index contributed by atoms with van der Waals surface area (Å²) in [5, 5.41) is 9.00. The number of carbonyl (C=O) groups is 1. The zero-order valence-corrected chi connectivity index (χ0v) is 17.8. The minimum absolute atomic E-state index is 0.277.